The first kappa shape index (κ1) is 14.1. The Balaban J connectivity index is 1.50. The van der Waals surface area contributed by atoms with Gasteiger partial charge in [-0.1, -0.05) is 5.16 Å². The minimum absolute atomic E-state index is 0.0505. The van der Waals surface area contributed by atoms with Crippen molar-refractivity contribution in [1.82, 2.24) is 19.9 Å². The van der Waals surface area contributed by atoms with Crippen molar-refractivity contribution in [2.45, 2.75) is 44.2 Å². The maximum absolute atomic E-state index is 12.3. The Bertz CT molecular complexity index is 553. The molecule has 0 aromatic carbocycles. The third-order valence-electron chi connectivity index (χ3n) is 4.80. The molecular formula is C15H22N4O3. The average molecular weight is 306 g/mol. The second kappa shape index (κ2) is 5.62. The number of carbonyl (C=O) groups is 1. The van der Waals surface area contributed by atoms with Crippen molar-refractivity contribution in [3.05, 3.63) is 11.7 Å². The van der Waals surface area contributed by atoms with Crippen LogP contribution in [0.2, 0.25) is 0 Å². The largest absolute Gasteiger partial charge is 0.375 e. The van der Waals surface area contributed by atoms with Gasteiger partial charge in [-0.25, -0.2) is 0 Å². The van der Waals surface area contributed by atoms with E-state index in [0.717, 1.165) is 44.7 Å². The van der Waals surface area contributed by atoms with Crippen LogP contribution in [-0.4, -0.2) is 64.7 Å². The monoisotopic (exact) mass is 306 g/mol. The lowest BCUT2D eigenvalue weighted by molar-refractivity contribution is -0.141. The van der Waals surface area contributed by atoms with Crippen molar-refractivity contribution in [3.63, 3.8) is 0 Å². The van der Waals surface area contributed by atoms with Gasteiger partial charge in [0, 0.05) is 25.6 Å². The van der Waals surface area contributed by atoms with Crippen molar-refractivity contribution >= 4 is 5.91 Å². The number of likely N-dealkylation sites (tertiary alicyclic amines) is 1. The van der Waals surface area contributed by atoms with E-state index in [2.05, 4.69) is 15.0 Å². The van der Waals surface area contributed by atoms with E-state index in [4.69, 9.17) is 9.26 Å². The number of nitrogens with zero attached hydrogens (tertiary/aromatic N) is 4. The molecule has 3 heterocycles. The molecule has 1 saturated carbocycles. The number of morpholine rings is 1. The maximum atomic E-state index is 12.3. The predicted octanol–water partition coefficient (Wildman–Crippen LogP) is 0.941. The molecule has 0 N–H and O–H groups in total. The lowest BCUT2D eigenvalue weighted by Crippen LogP contribution is -2.51. The minimum Gasteiger partial charge on any atom is -0.375 e. The molecule has 22 heavy (non-hydrogen) atoms. The van der Waals surface area contributed by atoms with E-state index in [1.165, 1.54) is 0 Å². The summed E-state index contributed by atoms with van der Waals surface area (Å²) in [6.07, 6.45) is 3.36. The van der Waals surface area contributed by atoms with Gasteiger partial charge in [0.15, 0.2) is 5.82 Å². The zero-order valence-electron chi connectivity index (χ0n) is 12.9. The topological polar surface area (TPSA) is 71.7 Å². The predicted molar refractivity (Wildman–Crippen MR) is 77.2 cm³/mol. The maximum Gasteiger partial charge on any atom is 0.246 e. The quantitative estimate of drug-likeness (QED) is 0.824. The smallest absolute Gasteiger partial charge is 0.246 e. The van der Waals surface area contributed by atoms with E-state index in [-0.39, 0.29) is 18.1 Å². The summed E-state index contributed by atoms with van der Waals surface area (Å²) in [4.78, 5) is 20.9. The molecule has 2 atom stereocenters. The third-order valence-corrected chi connectivity index (χ3v) is 4.80. The zero-order chi connectivity index (χ0) is 15.1. The van der Waals surface area contributed by atoms with Crippen molar-refractivity contribution in [2.75, 3.05) is 32.8 Å². The number of aromatic nitrogens is 2. The van der Waals surface area contributed by atoms with Crippen LogP contribution in [0.5, 0.6) is 0 Å². The first-order chi connectivity index (χ1) is 10.7. The van der Waals surface area contributed by atoms with Crippen LogP contribution >= 0.6 is 0 Å². The highest BCUT2D eigenvalue weighted by molar-refractivity contribution is 5.79. The van der Waals surface area contributed by atoms with Gasteiger partial charge in [-0.15, -0.1) is 0 Å². The first-order valence-corrected chi connectivity index (χ1v) is 8.19. The molecular weight excluding hydrogens is 284 g/mol. The molecule has 1 aliphatic carbocycles. The van der Waals surface area contributed by atoms with Gasteiger partial charge >= 0.3 is 0 Å². The van der Waals surface area contributed by atoms with Gasteiger partial charge in [-0.2, -0.15) is 4.98 Å². The van der Waals surface area contributed by atoms with Gasteiger partial charge in [-0.3, -0.25) is 9.69 Å². The van der Waals surface area contributed by atoms with E-state index in [1.807, 2.05) is 11.8 Å². The van der Waals surface area contributed by atoms with E-state index in [1.54, 1.807) is 0 Å². The van der Waals surface area contributed by atoms with E-state index < -0.39 is 0 Å². The van der Waals surface area contributed by atoms with Crippen LogP contribution < -0.4 is 0 Å². The summed E-state index contributed by atoms with van der Waals surface area (Å²) in [6, 6.07) is -0.126. The summed E-state index contributed by atoms with van der Waals surface area (Å²) in [5, 5.41) is 4.10. The number of rotatable bonds is 4. The number of hydrogen-bond donors (Lipinski definition) is 0. The molecule has 7 heteroatoms. The molecule has 120 valence electrons. The Morgan fingerprint density at radius 1 is 1.32 bits per heavy atom. The Labute approximate surface area is 129 Å². The van der Waals surface area contributed by atoms with Crippen molar-refractivity contribution in [1.29, 1.82) is 0 Å². The molecule has 1 aromatic heterocycles. The minimum atomic E-state index is -0.126. The lowest BCUT2D eigenvalue weighted by Gasteiger charge is -2.39. The molecule has 0 bridgehead atoms. The Hall–Kier alpha value is -1.47. The molecule has 3 aliphatic rings. The molecule has 0 radical (unpaired) electrons. The summed E-state index contributed by atoms with van der Waals surface area (Å²) >= 11 is 0. The summed E-state index contributed by atoms with van der Waals surface area (Å²) in [7, 11) is 0. The molecule has 2 aliphatic heterocycles. The molecule has 0 unspecified atom stereocenters. The first-order valence-electron chi connectivity index (χ1n) is 8.19. The van der Waals surface area contributed by atoms with Gasteiger partial charge in [-0.05, 0) is 26.2 Å². The fourth-order valence-corrected chi connectivity index (χ4v) is 3.13. The van der Waals surface area contributed by atoms with Gasteiger partial charge in [0.05, 0.1) is 19.3 Å². The SMILES string of the molecule is C[C@H]1OCCN(CC(=O)N2CCC2)[C@@H]1c1nc(C2CC2)no1. The fourth-order valence-electron chi connectivity index (χ4n) is 3.13. The van der Waals surface area contributed by atoms with E-state index in [0.29, 0.717) is 25.0 Å². The summed E-state index contributed by atoms with van der Waals surface area (Å²) in [5.41, 5.74) is 0. The van der Waals surface area contributed by atoms with Crippen LogP contribution in [0, 0.1) is 0 Å². The summed E-state index contributed by atoms with van der Waals surface area (Å²) < 4.78 is 11.2. The number of carbonyl (C=O) groups excluding carboxylic acids is 1. The zero-order valence-corrected chi connectivity index (χ0v) is 12.9. The van der Waals surface area contributed by atoms with Crippen LogP contribution in [0.3, 0.4) is 0 Å². The van der Waals surface area contributed by atoms with Crippen molar-refractivity contribution in [3.8, 4) is 0 Å². The Kier molecular flexibility index (Phi) is 3.62. The van der Waals surface area contributed by atoms with Crippen LogP contribution in [0.1, 0.15) is 49.9 Å². The second-order valence-corrected chi connectivity index (χ2v) is 6.49. The third kappa shape index (κ3) is 2.63. The van der Waals surface area contributed by atoms with E-state index >= 15 is 0 Å². The van der Waals surface area contributed by atoms with Gasteiger partial charge in [0.25, 0.3) is 0 Å². The second-order valence-electron chi connectivity index (χ2n) is 6.49. The van der Waals surface area contributed by atoms with E-state index in [9.17, 15) is 4.79 Å². The summed E-state index contributed by atoms with van der Waals surface area (Å²) in [6.45, 7) is 5.53. The normalized spacial score (nSPS) is 29.4. The van der Waals surface area contributed by atoms with Crippen molar-refractivity contribution in [2.24, 2.45) is 0 Å². The fraction of sp³-hybridized carbons (Fsp3) is 0.800. The Morgan fingerprint density at radius 2 is 2.14 bits per heavy atom. The lowest BCUT2D eigenvalue weighted by atomic mass is 10.1. The molecule has 0 spiro atoms. The standard InChI is InChI=1S/C15H22N4O3/c1-10-13(15-16-14(17-22-15)11-3-4-11)19(7-8-21-10)9-12(20)18-5-2-6-18/h10-11,13H,2-9H2,1H3/t10-,13+/m1/s1. The van der Waals surface area contributed by atoms with Crippen molar-refractivity contribution < 1.29 is 14.1 Å². The van der Waals surface area contributed by atoms with Crippen LogP contribution in [0.25, 0.3) is 0 Å². The number of amides is 1. The number of ether oxygens (including phenoxy) is 1. The van der Waals surface area contributed by atoms with Crippen LogP contribution in [-0.2, 0) is 9.53 Å². The van der Waals surface area contributed by atoms with Crippen LogP contribution in [0.15, 0.2) is 4.52 Å². The molecule has 4 rings (SSSR count). The highest BCUT2D eigenvalue weighted by Gasteiger charge is 2.38. The van der Waals surface area contributed by atoms with Gasteiger partial charge in [0.2, 0.25) is 11.8 Å². The molecule has 2 saturated heterocycles. The highest BCUT2D eigenvalue weighted by Crippen LogP contribution is 2.39. The highest BCUT2D eigenvalue weighted by atomic mass is 16.5. The van der Waals surface area contributed by atoms with Gasteiger partial charge in [0.1, 0.15) is 6.04 Å². The molecule has 7 nitrogen and oxygen atoms in total. The average Bonchev–Trinajstić information content (AvgIpc) is 3.16. The Morgan fingerprint density at radius 3 is 2.82 bits per heavy atom. The van der Waals surface area contributed by atoms with Crippen LogP contribution in [0.4, 0.5) is 0 Å². The number of hydrogen-bond acceptors (Lipinski definition) is 6. The molecule has 3 fully saturated rings. The van der Waals surface area contributed by atoms with Gasteiger partial charge < -0.3 is 14.2 Å². The molecule has 1 amide bonds. The molecule has 1 aromatic rings. The summed E-state index contributed by atoms with van der Waals surface area (Å²) in [5.74, 6) is 2.05.